The first-order valence-corrected chi connectivity index (χ1v) is 14.3. The fraction of sp³-hybridized carbons (Fsp3) is 0.778. The monoisotopic (exact) mass is 565 g/mol. The van der Waals surface area contributed by atoms with E-state index in [-0.39, 0.29) is 5.91 Å². The quantitative estimate of drug-likeness (QED) is 0.317. The Balaban J connectivity index is 1.63. The lowest BCUT2D eigenvalue weighted by atomic mass is 9.80. The first-order chi connectivity index (χ1) is 19.1. The predicted octanol–water partition coefficient (Wildman–Crippen LogP) is 1.14. The van der Waals surface area contributed by atoms with Gasteiger partial charge in [0.15, 0.2) is 0 Å². The normalized spacial score (nSPS) is 22.2. The summed E-state index contributed by atoms with van der Waals surface area (Å²) in [6.45, 7) is 4.72. The molecule has 0 spiro atoms. The van der Waals surface area contributed by atoms with Gasteiger partial charge >= 0.3 is 12.2 Å². The Morgan fingerprint density at radius 1 is 0.975 bits per heavy atom. The van der Waals surface area contributed by atoms with Crippen LogP contribution in [-0.4, -0.2) is 91.1 Å². The number of ether oxygens (including phenoxy) is 2. The molecule has 0 bridgehead atoms. The molecule has 13 heteroatoms. The molecule has 3 fully saturated rings. The lowest BCUT2D eigenvalue weighted by Gasteiger charge is -2.38. The summed E-state index contributed by atoms with van der Waals surface area (Å²) in [5.41, 5.74) is -1.28. The number of methoxy groups -OCH3 is 1. The van der Waals surface area contributed by atoms with Gasteiger partial charge in [-0.15, -0.1) is 0 Å². The summed E-state index contributed by atoms with van der Waals surface area (Å²) >= 11 is 0. The summed E-state index contributed by atoms with van der Waals surface area (Å²) in [5, 5.41) is 10.7. The van der Waals surface area contributed by atoms with Gasteiger partial charge in [-0.3, -0.25) is 19.2 Å². The van der Waals surface area contributed by atoms with E-state index < -0.39 is 59.4 Å². The van der Waals surface area contributed by atoms with Gasteiger partial charge in [0.1, 0.15) is 17.7 Å². The molecule has 0 radical (unpaired) electrons. The smallest absolute Gasteiger partial charge is 0.409 e. The number of carbonyl (C=O) groups is 6. The van der Waals surface area contributed by atoms with Crippen molar-refractivity contribution < 1.29 is 38.2 Å². The van der Waals surface area contributed by atoms with Crippen LogP contribution in [0.3, 0.4) is 0 Å². The van der Waals surface area contributed by atoms with Gasteiger partial charge in [-0.2, -0.15) is 0 Å². The maximum absolute atomic E-state index is 13.6. The fourth-order valence-electron chi connectivity index (χ4n) is 5.49. The van der Waals surface area contributed by atoms with Gasteiger partial charge in [-0.25, -0.2) is 9.59 Å². The summed E-state index contributed by atoms with van der Waals surface area (Å²) in [6.07, 6.45) is 4.28. The largest absolute Gasteiger partial charge is 0.453 e. The van der Waals surface area contributed by atoms with Crippen molar-refractivity contribution in [3.05, 3.63) is 0 Å². The van der Waals surface area contributed by atoms with Crippen molar-refractivity contribution in [2.75, 3.05) is 26.7 Å². The number of carbonyl (C=O) groups excluding carboxylic acids is 6. The molecular formula is C27H43N5O8. The highest BCUT2D eigenvalue weighted by Crippen LogP contribution is 2.29. The molecule has 224 valence electrons. The van der Waals surface area contributed by atoms with Crippen LogP contribution in [0.5, 0.6) is 0 Å². The van der Waals surface area contributed by atoms with E-state index in [4.69, 9.17) is 9.47 Å². The van der Waals surface area contributed by atoms with Crippen LogP contribution >= 0.6 is 0 Å². The zero-order chi connectivity index (χ0) is 29.3. The van der Waals surface area contributed by atoms with Crippen LogP contribution in [0, 0.1) is 5.92 Å². The highest BCUT2D eigenvalue weighted by atomic mass is 16.6. The molecule has 1 aliphatic carbocycles. The highest BCUT2D eigenvalue weighted by molar-refractivity contribution is 6.39. The zero-order valence-electron chi connectivity index (χ0n) is 23.7. The van der Waals surface area contributed by atoms with Crippen molar-refractivity contribution in [2.24, 2.45) is 5.92 Å². The third kappa shape index (κ3) is 8.07. The Morgan fingerprint density at radius 3 is 2.27 bits per heavy atom. The number of amides is 5. The molecule has 2 saturated heterocycles. The van der Waals surface area contributed by atoms with Crippen molar-refractivity contribution in [3.63, 3.8) is 0 Å². The molecule has 2 atom stereocenters. The van der Waals surface area contributed by atoms with Crippen LogP contribution in [0.15, 0.2) is 0 Å². The minimum Gasteiger partial charge on any atom is -0.453 e. The standard InChI is InChI=1S/C27H43N5O8/c1-17(2)20(21(33)23(35)29-19-9-5-8-14-28-22(19)34)30-24(36)27(12-6-4-7-13-27)31-25(37)40-18-10-15-32(16-11-18)26(38)39-3/h17-20H,4-16H2,1-3H3,(H,28,34)(H,29,35)(H,30,36)(H,31,37)/t19-,20-/m0/s1. The minimum absolute atomic E-state index is 0.330. The lowest BCUT2D eigenvalue weighted by molar-refractivity contribution is -0.143. The number of alkyl carbamates (subject to hydrolysis) is 1. The van der Waals surface area contributed by atoms with E-state index in [9.17, 15) is 28.8 Å². The van der Waals surface area contributed by atoms with Gasteiger partial charge in [0.2, 0.25) is 17.6 Å². The first-order valence-electron chi connectivity index (χ1n) is 14.3. The number of Topliss-reactive ketones (excluding diaryl/α,β-unsaturated/α-hetero) is 1. The Morgan fingerprint density at radius 2 is 1.65 bits per heavy atom. The van der Waals surface area contributed by atoms with Crippen LogP contribution in [0.1, 0.15) is 78.1 Å². The Hall–Kier alpha value is -3.38. The second kappa shape index (κ2) is 14.3. The third-order valence-electron chi connectivity index (χ3n) is 7.93. The molecule has 40 heavy (non-hydrogen) atoms. The van der Waals surface area contributed by atoms with Crippen LogP contribution in [0.25, 0.3) is 0 Å². The summed E-state index contributed by atoms with van der Waals surface area (Å²) < 4.78 is 10.3. The fourth-order valence-corrected chi connectivity index (χ4v) is 5.49. The van der Waals surface area contributed by atoms with Crippen LogP contribution in [0.2, 0.25) is 0 Å². The number of ketones is 1. The second-order valence-electron chi connectivity index (χ2n) is 11.2. The second-order valence-corrected chi connectivity index (χ2v) is 11.2. The van der Waals surface area contributed by atoms with Crippen molar-refractivity contribution in [2.45, 2.75) is 102 Å². The number of hydrogen-bond donors (Lipinski definition) is 4. The lowest BCUT2D eigenvalue weighted by Crippen LogP contribution is -2.64. The number of nitrogens with zero attached hydrogens (tertiary/aromatic N) is 1. The molecule has 0 aromatic rings. The molecule has 3 rings (SSSR count). The summed E-state index contributed by atoms with van der Waals surface area (Å²) in [6, 6.07) is -1.94. The van der Waals surface area contributed by atoms with E-state index in [1.54, 1.807) is 13.8 Å². The minimum atomic E-state index is -1.28. The topological polar surface area (TPSA) is 172 Å². The zero-order valence-corrected chi connectivity index (χ0v) is 23.7. The van der Waals surface area contributed by atoms with E-state index in [0.717, 1.165) is 19.3 Å². The third-order valence-corrected chi connectivity index (χ3v) is 7.93. The summed E-state index contributed by atoms with van der Waals surface area (Å²) in [7, 11) is 1.31. The predicted molar refractivity (Wildman–Crippen MR) is 143 cm³/mol. The highest BCUT2D eigenvalue weighted by Gasteiger charge is 2.44. The van der Waals surface area contributed by atoms with Gasteiger partial charge in [0.05, 0.1) is 13.2 Å². The molecule has 4 N–H and O–H groups in total. The molecular weight excluding hydrogens is 522 g/mol. The van der Waals surface area contributed by atoms with Crippen LogP contribution < -0.4 is 21.3 Å². The molecule has 3 aliphatic rings. The Bertz CT molecular complexity index is 957. The maximum Gasteiger partial charge on any atom is 0.409 e. The van der Waals surface area contributed by atoms with E-state index in [0.29, 0.717) is 64.6 Å². The van der Waals surface area contributed by atoms with E-state index in [1.807, 2.05) is 0 Å². The van der Waals surface area contributed by atoms with Gasteiger partial charge in [0, 0.05) is 32.5 Å². The molecule has 5 amide bonds. The number of hydrogen-bond acceptors (Lipinski definition) is 8. The summed E-state index contributed by atoms with van der Waals surface area (Å²) in [5.74, 6) is -3.06. The van der Waals surface area contributed by atoms with E-state index in [2.05, 4.69) is 21.3 Å². The average molecular weight is 566 g/mol. The number of nitrogens with one attached hydrogen (secondary N) is 4. The molecule has 0 aromatic carbocycles. The molecule has 13 nitrogen and oxygen atoms in total. The number of rotatable bonds is 8. The van der Waals surface area contributed by atoms with Gasteiger partial charge in [-0.1, -0.05) is 33.1 Å². The van der Waals surface area contributed by atoms with Gasteiger partial charge in [0.25, 0.3) is 5.91 Å². The Kier molecular flexibility index (Phi) is 11.1. The molecule has 1 saturated carbocycles. The SMILES string of the molecule is COC(=O)N1CCC(OC(=O)NC2(C(=O)N[C@H](C(=O)C(=O)N[C@H]3CCCCNC3=O)C(C)C)CCCCC2)CC1. The van der Waals surface area contributed by atoms with Crippen molar-refractivity contribution in [1.29, 1.82) is 0 Å². The van der Waals surface area contributed by atoms with Gasteiger partial charge in [-0.05, 0) is 38.0 Å². The average Bonchev–Trinajstić information content (AvgIpc) is 3.14. The molecule has 2 aliphatic heterocycles. The summed E-state index contributed by atoms with van der Waals surface area (Å²) in [4.78, 5) is 78.0. The van der Waals surface area contributed by atoms with Crippen LogP contribution in [0.4, 0.5) is 9.59 Å². The molecule has 0 unspecified atom stereocenters. The van der Waals surface area contributed by atoms with Gasteiger partial charge < -0.3 is 35.6 Å². The number of piperidine rings is 1. The van der Waals surface area contributed by atoms with E-state index in [1.165, 1.54) is 12.0 Å². The molecule has 0 aromatic heterocycles. The van der Waals surface area contributed by atoms with Crippen LogP contribution in [-0.2, 0) is 28.7 Å². The number of likely N-dealkylation sites (tertiary alicyclic amines) is 1. The van der Waals surface area contributed by atoms with Crippen molar-refractivity contribution >= 4 is 35.7 Å². The first kappa shape index (κ1) is 31.2. The van der Waals surface area contributed by atoms with Crippen molar-refractivity contribution in [3.8, 4) is 0 Å². The molecule has 2 heterocycles. The maximum atomic E-state index is 13.6. The van der Waals surface area contributed by atoms with E-state index >= 15 is 0 Å². The Labute approximate surface area is 234 Å². The van der Waals surface area contributed by atoms with Crippen molar-refractivity contribution in [1.82, 2.24) is 26.2 Å².